The molecular formula is C22H23BrN2O3. The van der Waals surface area contributed by atoms with Gasteiger partial charge < -0.3 is 10.1 Å². The third-order valence-corrected chi connectivity index (χ3v) is 5.33. The molecule has 1 heterocycles. The SMILES string of the molecule is CC(C)(C(=O)NCc1ccccc1)N1COC(CBr)=C(c2ccccc2)C1=O. The molecule has 0 radical (unpaired) electrons. The Hall–Kier alpha value is -2.60. The summed E-state index contributed by atoms with van der Waals surface area (Å²) in [5.74, 6) is 0.128. The Morgan fingerprint density at radius 3 is 2.32 bits per heavy atom. The van der Waals surface area contributed by atoms with Crippen LogP contribution in [0.2, 0.25) is 0 Å². The summed E-state index contributed by atoms with van der Waals surface area (Å²) >= 11 is 3.39. The van der Waals surface area contributed by atoms with Gasteiger partial charge in [0.05, 0.1) is 10.9 Å². The first-order chi connectivity index (χ1) is 13.4. The lowest BCUT2D eigenvalue weighted by atomic mass is 9.96. The molecule has 28 heavy (non-hydrogen) atoms. The number of nitrogens with zero attached hydrogens (tertiary/aromatic N) is 1. The molecule has 0 fully saturated rings. The number of benzene rings is 2. The summed E-state index contributed by atoms with van der Waals surface area (Å²) in [6.45, 7) is 3.90. The standard InChI is InChI=1S/C22H23BrN2O3/c1-22(2,21(27)24-14-16-9-5-3-6-10-16)25-15-28-18(13-23)19(20(25)26)17-11-7-4-8-12-17/h3-12H,13-15H2,1-2H3,(H,24,27). The molecule has 1 N–H and O–H groups in total. The largest absolute Gasteiger partial charge is 0.476 e. The number of nitrogens with one attached hydrogen (secondary N) is 1. The number of allylic oxidation sites excluding steroid dienone is 1. The predicted molar refractivity (Wildman–Crippen MR) is 112 cm³/mol. The van der Waals surface area contributed by atoms with Crippen LogP contribution >= 0.6 is 15.9 Å². The number of alkyl halides is 1. The molecule has 146 valence electrons. The van der Waals surface area contributed by atoms with Crippen molar-refractivity contribution in [3.05, 3.63) is 77.5 Å². The zero-order valence-electron chi connectivity index (χ0n) is 15.9. The molecule has 0 atom stereocenters. The van der Waals surface area contributed by atoms with Crippen LogP contribution in [-0.2, 0) is 20.9 Å². The fraction of sp³-hybridized carbons (Fsp3) is 0.273. The van der Waals surface area contributed by atoms with Gasteiger partial charge in [0.1, 0.15) is 11.3 Å². The van der Waals surface area contributed by atoms with E-state index in [1.54, 1.807) is 13.8 Å². The Morgan fingerprint density at radius 2 is 1.71 bits per heavy atom. The lowest BCUT2D eigenvalue weighted by Crippen LogP contribution is -2.59. The van der Waals surface area contributed by atoms with Gasteiger partial charge in [-0.1, -0.05) is 76.6 Å². The molecule has 0 aliphatic carbocycles. The number of rotatable bonds is 6. The van der Waals surface area contributed by atoms with E-state index in [0.29, 0.717) is 23.2 Å². The highest BCUT2D eigenvalue weighted by atomic mass is 79.9. The van der Waals surface area contributed by atoms with Crippen LogP contribution in [0.3, 0.4) is 0 Å². The summed E-state index contributed by atoms with van der Waals surface area (Å²) in [5.41, 5.74) is 1.18. The molecule has 0 unspecified atom stereocenters. The van der Waals surface area contributed by atoms with Gasteiger partial charge in [-0.15, -0.1) is 0 Å². The number of hydrogen-bond acceptors (Lipinski definition) is 3. The monoisotopic (exact) mass is 442 g/mol. The number of hydrogen-bond donors (Lipinski definition) is 1. The minimum atomic E-state index is -1.07. The second kappa shape index (κ2) is 8.61. The number of carbonyl (C=O) groups is 2. The molecule has 0 saturated heterocycles. The van der Waals surface area contributed by atoms with Gasteiger partial charge in [0, 0.05) is 6.54 Å². The molecule has 0 aromatic heterocycles. The molecule has 0 bridgehead atoms. The van der Waals surface area contributed by atoms with E-state index in [1.165, 1.54) is 4.90 Å². The highest BCUT2D eigenvalue weighted by Crippen LogP contribution is 2.31. The van der Waals surface area contributed by atoms with Crippen molar-refractivity contribution >= 4 is 33.3 Å². The smallest absolute Gasteiger partial charge is 0.261 e. The molecule has 5 nitrogen and oxygen atoms in total. The fourth-order valence-electron chi connectivity index (χ4n) is 3.05. The third kappa shape index (κ3) is 4.12. The van der Waals surface area contributed by atoms with E-state index < -0.39 is 5.54 Å². The minimum absolute atomic E-state index is 0.0296. The second-order valence-corrected chi connectivity index (χ2v) is 7.59. The number of carbonyl (C=O) groups excluding carboxylic acids is 2. The van der Waals surface area contributed by atoms with Gasteiger partial charge in [-0.2, -0.15) is 0 Å². The van der Waals surface area contributed by atoms with Crippen molar-refractivity contribution < 1.29 is 14.3 Å². The van der Waals surface area contributed by atoms with Crippen LogP contribution in [0.4, 0.5) is 0 Å². The highest BCUT2D eigenvalue weighted by Gasteiger charge is 2.42. The summed E-state index contributed by atoms with van der Waals surface area (Å²) in [7, 11) is 0. The first kappa shape index (κ1) is 20.1. The number of amides is 2. The van der Waals surface area contributed by atoms with Crippen LogP contribution in [0.15, 0.2) is 66.4 Å². The molecule has 0 spiro atoms. The van der Waals surface area contributed by atoms with Crippen LogP contribution in [0, 0.1) is 0 Å². The molecule has 2 aromatic carbocycles. The summed E-state index contributed by atoms with van der Waals surface area (Å²) in [5, 5.41) is 3.35. The fourth-order valence-corrected chi connectivity index (χ4v) is 3.50. The van der Waals surface area contributed by atoms with E-state index in [-0.39, 0.29) is 18.5 Å². The minimum Gasteiger partial charge on any atom is -0.476 e. The van der Waals surface area contributed by atoms with E-state index in [0.717, 1.165) is 11.1 Å². The first-order valence-electron chi connectivity index (χ1n) is 9.06. The van der Waals surface area contributed by atoms with Gasteiger partial charge in [0.2, 0.25) is 5.91 Å². The van der Waals surface area contributed by atoms with Gasteiger partial charge in [-0.3, -0.25) is 14.5 Å². The topological polar surface area (TPSA) is 58.6 Å². The normalized spacial score (nSPS) is 14.7. The lowest BCUT2D eigenvalue weighted by molar-refractivity contribution is -0.149. The highest BCUT2D eigenvalue weighted by molar-refractivity contribution is 9.09. The Balaban J connectivity index is 1.81. The molecule has 1 aliphatic rings. The molecule has 1 aliphatic heterocycles. The molecule has 2 aromatic rings. The van der Waals surface area contributed by atoms with Crippen LogP contribution < -0.4 is 5.32 Å². The van der Waals surface area contributed by atoms with Gasteiger partial charge in [-0.05, 0) is 25.0 Å². The predicted octanol–water partition coefficient (Wildman–Crippen LogP) is 3.70. The van der Waals surface area contributed by atoms with Crippen LogP contribution in [0.1, 0.15) is 25.0 Å². The van der Waals surface area contributed by atoms with Crippen molar-refractivity contribution in [3.8, 4) is 0 Å². The summed E-state index contributed by atoms with van der Waals surface area (Å²) in [4.78, 5) is 27.7. The maximum Gasteiger partial charge on any atom is 0.261 e. The number of halogens is 1. The summed E-state index contributed by atoms with van der Waals surface area (Å²) < 4.78 is 5.83. The van der Waals surface area contributed by atoms with Crippen LogP contribution in [-0.4, -0.2) is 34.3 Å². The van der Waals surface area contributed by atoms with E-state index in [9.17, 15) is 9.59 Å². The summed E-state index contributed by atoms with van der Waals surface area (Å²) in [6.07, 6.45) is 0. The van der Waals surface area contributed by atoms with E-state index in [2.05, 4.69) is 21.2 Å². The van der Waals surface area contributed by atoms with Crippen LogP contribution in [0.5, 0.6) is 0 Å². The van der Waals surface area contributed by atoms with Gasteiger partial charge in [0.15, 0.2) is 6.73 Å². The van der Waals surface area contributed by atoms with Gasteiger partial charge in [-0.25, -0.2) is 0 Å². The average Bonchev–Trinajstić information content (AvgIpc) is 2.72. The molecule has 6 heteroatoms. The zero-order chi connectivity index (χ0) is 20.1. The third-order valence-electron chi connectivity index (χ3n) is 4.82. The van der Waals surface area contributed by atoms with Crippen molar-refractivity contribution in [3.63, 3.8) is 0 Å². The van der Waals surface area contributed by atoms with Crippen molar-refractivity contribution in [1.82, 2.24) is 10.2 Å². The summed E-state index contributed by atoms with van der Waals surface area (Å²) in [6, 6.07) is 19.0. The van der Waals surface area contributed by atoms with Crippen molar-refractivity contribution in [2.24, 2.45) is 0 Å². The van der Waals surface area contributed by atoms with Crippen molar-refractivity contribution in [2.45, 2.75) is 25.9 Å². The number of ether oxygens (including phenoxy) is 1. The van der Waals surface area contributed by atoms with Crippen molar-refractivity contribution in [1.29, 1.82) is 0 Å². The van der Waals surface area contributed by atoms with Gasteiger partial charge >= 0.3 is 0 Å². The Kier molecular flexibility index (Phi) is 6.19. The van der Waals surface area contributed by atoms with Crippen molar-refractivity contribution in [2.75, 3.05) is 12.1 Å². The molecule has 3 rings (SSSR count). The Morgan fingerprint density at radius 1 is 1.11 bits per heavy atom. The van der Waals surface area contributed by atoms with Crippen LogP contribution in [0.25, 0.3) is 5.57 Å². The molecule has 2 amide bonds. The Bertz CT molecular complexity index is 879. The molecular weight excluding hydrogens is 420 g/mol. The molecule has 0 saturated carbocycles. The first-order valence-corrected chi connectivity index (χ1v) is 10.2. The lowest BCUT2D eigenvalue weighted by Gasteiger charge is -2.40. The van der Waals surface area contributed by atoms with E-state index in [4.69, 9.17) is 4.74 Å². The maximum absolute atomic E-state index is 13.3. The maximum atomic E-state index is 13.3. The van der Waals surface area contributed by atoms with E-state index >= 15 is 0 Å². The average molecular weight is 443 g/mol. The van der Waals surface area contributed by atoms with E-state index in [1.807, 2.05) is 60.7 Å². The second-order valence-electron chi connectivity index (χ2n) is 7.03. The zero-order valence-corrected chi connectivity index (χ0v) is 17.5. The quantitative estimate of drug-likeness (QED) is 0.693. The Labute approximate surface area is 173 Å². The van der Waals surface area contributed by atoms with Gasteiger partial charge in [0.25, 0.3) is 5.91 Å².